The molecule has 0 aliphatic rings. The summed E-state index contributed by atoms with van der Waals surface area (Å²) >= 11 is 0. The third-order valence-corrected chi connectivity index (χ3v) is 3.36. The molecule has 0 aliphatic carbocycles. The van der Waals surface area contributed by atoms with Gasteiger partial charge in [0.1, 0.15) is 11.3 Å². The van der Waals surface area contributed by atoms with Gasteiger partial charge in [0.05, 0.1) is 17.6 Å². The predicted octanol–water partition coefficient (Wildman–Crippen LogP) is 3.65. The molecule has 1 aromatic carbocycles. The number of imidazole rings is 1. The molecule has 0 bridgehead atoms. The molecule has 0 fully saturated rings. The number of carbonyl (C=O) groups is 1. The largest absolute Gasteiger partial charge is 0.418 e. The van der Waals surface area contributed by atoms with Crippen molar-refractivity contribution in [3.05, 3.63) is 29.1 Å². The topological polar surface area (TPSA) is 49.0 Å². The van der Waals surface area contributed by atoms with Gasteiger partial charge in [0.2, 0.25) is 5.91 Å². The Kier molecular flexibility index (Phi) is 4.44. The number of halogens is 3. The number of hydrogen-bond donors (Lipinski definition) is 1. The quantitative estimate of drug-likeness (QED) is 0.936. The molecular weight excluding hydrogens is 295 g/mol. The number of hydrogen-bond acceptors (Lipinski definition) is 2. The molecule has 4 nitrogen and oxygen atoms in total. The van der Waals surface area contributed by atoms with Crippen LogP contribution in [0.1, 0.15) is 36.7 Å². The van der Waals surface area contributed by atoms with Gasteiger partial charge < -0.3 is 9.88 Å². The second-order valence-electron chi connectivity index (χ2n) is 5.39. The van der Waals surface area contributed by atoms with Gasteiger partial charge in [-0.3, -0.25) is 4.79 Å². The predicted molar refractivity (Wildman–Crippen MR) is 77.2 cm³/mol. The number of nitrogens with zero attached hydrogens (tertiary/aromatic N) is 2. The minimum atomic E-state index is -4.46. The van der Waals surface area contributed by atoms with Crippen molar-refractivity contribution in [2.75, 3.05) is 7.05 Å². The van der Waals surface area contributed by atoms with Gasteiger partial charge in [-0.15, -0.1) is 0 Å². The first-order chi connectivity index (χ1) is 10.2. The minimum absolute atomic E-state index is 0.0600. The van der Waals surface area contributed by atoms with Crippen LogP contribution in [0.2, 0.25) is 0 Å². The molecule has 0 radical (unpaired) electrons. The fourth-order valence-electron chi connectivity index (χ4n) is 2.32. The van der Waals surface area contributed by atoms with Gasteiger partial charge in [-0.1, -0.05) is 6.92 Å². The fraction of sp³-hybridized carbons (Fsp3) is 0.467. The van der Waals surface area contributed by atoms with E-state index < -0.39 is 11.7 Å². The smallest absolute Gasteiger partial charge is 0.340 e. The summed E-state index contributed by atoms with van der Waals surface area (Å²) in [4.78, 5) is 20.1. The number of benzene rings is 1. The summed E-state index contributed by atoms with van der Waals surface area (Å²) in [5, 5.41) is 0. The number of rotatable bonds is 4. The van der Waals surface area contributed by atoms with Crippen molar-refractivity contribution in [3.63, 3.8) is 0 Å². The van der Waals surface area contributed by atoms with Gasteiger partial charge in [-0.2, -0.15) is 13.2 Å². The van der Waals surface area contributed by atoms with E-state index >= 15 is 0 Å². The van der Waals surface area contributed by atoms with Crippen LogP contribution in [-0.4, -0.2) is 27.8 Å². The first-order valence-corrected chi connectivity index (χ1v) is 7.02. The number of H-pyrrole nitrogens is 1. The Labute approximate surface area is 126 Å². The van der Waals surface area contributed by atoms with Crippen molar-refractivity contribution >= 4 is 16.9 Å². The van der Waals surface area contributed by atoms with E-state index in [4.69, 9.17) is 0 Å². The van der Waals surface area contributed by atoms with E-state index in [0.29, 0.717) is 23.3 Å². The van der Waals surface area contributed by atoms with Gasteiger partial charge in [0, 0.05) is 13.5 Å². The van der Waals surface area contributed by atoms with Crippen LogP contribution in [-0.2, 0) is 17.5 Å². The van der Waals surface area contributed by atoms with Crippen LogP contribution in [0.5, 0.6) is 0 Å². The molecule has 1 N–H and O–H groups in total. The van der Waals surface area contributed by atoms with Crippen LogP contribution in [0, 0.1) is 6.92 Å². The second kappa shape index (κ2) is 5.98. The summed E-state index contributed by atoms with van der Waals surface area (Å²) in [6.45, 7) is 3.65. The number of amides is 1. The maximum atomic E-state index is 13.1. The van der Waals surface area contributed by atoms with E-state index in [1.165, 1.54) is 4.90 Å². The Morgan fingerprint density at radius 2 is 2.05 bits per heavy atom. The molecule has 0 aliphatic heterocycles. The number of fused-ring (bicyclic) bond motifs is 1. The van der Waals surface area contributed by atoms with Crippen LogP contribution >= 0.6 is 0 Å². The highest BCUT2D eigenvalue weighted by Gasteiger charge is 2.34. The molecule has 2 rings (SSSR count). The maximum absolute atomic E-state index is 13.1. The molecule has 0 saturated carbocycles. The van der Waals surface area contributed by atoms with E-state index in [2.05, 4.69) is 9.97 Å². The number of aromatic amines is 1. The van der Waals surface area contributed by atoms with E-state index in [1.54, 1.807) is 20.0 Å². The summed E-state index contributed by atoms with van der Waals surface area (Å²) < 4.78 is 39.2. The lowest BCUT2D eigenvalue weighted by atomic mass is 10.1. The number of aryl methyl sites for hydroxylation is 1. The van der Waals surface area contributed by atoms with Crippen molar-refractivity contribution in [2.24, 2.45) is 0 Å². The lowest BCUT2D eigenvalue weighted by Gasteiger charge is -2.14. The molecule has 22 heavy (non-hydrogen) atoms. The van der Waals surface area contributed by atoms with Gasteiger partial charge in [-0.05, 0) is 31.0 Å². The standard InChI is InChI=1S/C15H18F3N3O/c1-4-5-13(22)21(3)8-12-19-11-7-9(2)6-10(14(11)20-12)15(16,17)18/h6-7H,4-5,8H2,1-3H3,(H,19,20). The molecule has 0 atom stereocenters. The Balaban J connectivity index is 2.36. The van der Waals surface area contributed by atoms with Crippen molar-refractivity contribution in [3.8, 4) is 0 Å². The first kappa shape index (κ1) is 16.3. The molecule has 1 aromatic heterocycles. The van der Waals surface area contributed by atoms with Crippen molar-refractivity contribution < 1.29 is 18.0 Å². The molecule has 0 spiro atoms. The van der Waals surface area contributed by atoms with Crippen LogP contribution in [0.4, 0.5) is 13.2 Å². The van der Waals surface area contributed by atoms with Crippen LogP contribution in [0.15, 0.2) is 12.1 Å². The minimum Gasteiger partial charge on any atom is -0.340 e. The number of aromatic nitrogens is 2. The molecule has 0 saturated heterocycles. The summed E-state index contributed by atoms with van der Waals surface area (Å²) in [6, 6.07) is 2.70. The highest BCUT2D eigenvalue weighted by molar-refractivity contribution is 5.80. The number of carbonyl (C=O) groups excluding carboxylic acids is 1. The molecule has 1 heterocycles. The lowest BCUT2D eigenvalue weighted by Crippen LogP contribution is -2.26. The zero-order valence-electron chi connectivity index (χ0n) is 12.7. The SMILES string of the molecule is CCCC(=O)N(C)Cc1nc2c(C(F)(F)F)cc(C)cc2[nH]1. The molecule has 120 valence electrons. The first-order valence-electron chi connectivity index (χ1n) is 7.02. The highest BCUT2D eigenvalue weighted by atomic mass is 19.4. The zero-order chi connectivity index (χ0) is 16.5. The number of alkyl halides is 3. The Morgan fingerprint density at radius 1 is 1.36 bits per heavy atom. The second-order valence-corrected chi connectivity index (χ2v) is 5.39. The molecular formula is C15H18F3N3O. The Morgan fingerprint density at radius 3 is 2.64 bits per heavy atom. The van der Waals surface area contributed by atoms with E-state index in [-0.39, 0.29) is 18.0 Å². The van der Waals surface area contributed by atoms with Crippen LogP contribution in [0.25, 0.3) is 11.0 Å². The Bertz CT molecular complexity index is 691. The third-order valence-electron chi connectivity index (χ3n) is 3.36. The van der Waals surface area contributed by atoms with Crippen LogP contribution < -0.4 is 0 Å². The summed E-state index contributed by atoms with van der Waals surface area (Å²) in [6.07, 6.45) is -3.33. The molecule has 1 amide bonds. The van der Waals surface area contributed by atoms with Crippen molar-refractivity contribution in [1.82, 2.24) is 14.9 Å². The van der Waals surface area contributed by atoms with Gasteiger partial charge in [0.25, 0.3) is 0 Å². The van der Waals surface area contributed by atoms with E-state index in [9.17, 15) is 18.0 Å². The Hall–Kier alpha value is -2.05. The molecule has 7 heteroatoms. The van der Waals surface area contributed by atoms with Gasteiger partial charge in [0.15, 0.2) is 0 Å². The van der Waals surface area contributed by atoms with Gasteiger partial charge >= 0.3 is 6.18 Å². The number of nitrogens with one attached hydrogen (secondary N) is 1. The highest BCUT2D eigenvalue weighted by Crippen LogP contribution is 2.34. The summed E-state index contributed by atoms with van der Waals surface area (Å²) in [5.74, 6) is 0.285. The zero-order valence-corrected chi connectivity index (χ0v) is 12.7. The normalized spacial score (nSPS) is 11.9. The van der Waals surface area contributed by atoms with E-state index in [0.717, 1.165) is 12.5 Å². The molecule has 2 aromatic rings. The fourth-order valence-corrected chi connectivity index (χ4v) is 2.32. The third kappa shape index (κ3) is 3.40. The summed E-state index contributed by atoms with van der Waals surface area (Å²) in [5.41, 5.74) is -0.0268. The average molecular weight is 313 g/mol. The average Bonchev–Trinajstić information content (AvgIpc) is 2.78. The van der Waals surface area contributed by atoms with Crippen molar-refractivity contribution in [2.45, 2.75) is 39.4 Å². The monoisotopic (exact) mass is 313 g/mol. The van der Waals surface area contributed by atoms with Gasteiger partial charge in [-0.25, -0.2) is 4.98 Å². The molecule has 0 unspecified atom stereocenters. The summed E-state index contributed by atoms with van der Waals surface area (Å²) in [7, 11) is 1.61. The van der Waals surface area contributed by atoms with Crippen molar-refractivity contribution in [1.29, 1.82) is 0 Å². The van der Waals surface area contributed by atoms with Crippen LogP contribution in [0.3, 0.4) is 0 Å². The lowest BCUT2D eigenvalue weighted by molar-refractivity contribution is -0.136. The van der Waals surface area contributed by atoms with E-state index in [1.807, 2.05) is 6.92 Å². The maximum Gasteiger partial charge on any atom is 0.418 e.